The molecule has 2 aromatic rings. The van der Waals surface area contributed by atoms with Crippen LogP contribution in [-0.4, -0.2) is 15.3 Å². The van der Waals surface area contributed by atoms with Crippen molar-refractivity contribution in [2.75, 3.05) is 0 Å². The summed E-state index contributed by atoms with van der Waals surface area (Å²) in [5, 5.41) is 17.3. The Labute approximate surface area is 75.7 Å². The van der Waals surface area contributed by atoms with Gasteiger partial charge >= 0.3 is 0 Å². The minimum absolute atomic E-state index is 0.267. The third kappa shape index (κ3) is 1.18. The molecule has 1 aromatic carbocycles. The summed E-state index contributed by atoms with van der Waals surface area (Å²) in [5.74, 6) is 0.267. The Morgan fingerprint density at radius 3 is 3.15 bits per heavy atom. The summed E-state index contributed by atoms with van der Waals surface area (Å²) >= 11 is 0. The summed E-state index contributed by atoms with van der Waals surface area (Å²) in [6.07, 6.45) is 2.43. The summed E-state index contributed by atoms with van der Waals surface area (Å²) in [5.41, 5.74) is 1.69. The maximum Gasteiger partial charge on any atom is 0.126 e. The largest absolute Gasteiger partial charge is 0.507 e. The van der Waals surface area contributed by atoms with Gasteiger partial charge in [0.05, 0.1) is 16.6 Å². The third-order valence-electron chi connectivity index (χ3n) is 1.98. The Bertz CT molecular complexity index is 445. The topological polar surface area (TPSA) is 48.9 Å². The van der Waals surface area contributed by atoms with E-state index < -0.39 is 0 Å². The Morgan fingerprint density at radius 1 is 1.54 bits per heavy atom. The molecule has 0 aliphatic rings. The molecule has 0 spiro atoms. The van der Waals surface area contributed by atoms with Gasteiger partial charge in [-0.2, -0.15) is 5.10 Å². The van der Waals surface area contributed by atoms with Crippen molar-refractivity contribution in [3.05, 3.63) is 36.5 Å². The number of aromatic amines is 1. The summed E-state index contributed by atoms with van der Waals surface area (Å²) in [7, 11) is 0. The first-order valence-electron chi connectivity index (χ1n) is 4.08. The van der Waals surface area contributed by atoms with Crippen LogP contribution in [0.5, 0.6) is 5.75 Å². The number of aromatic hydroxyl groups is 1. The van der Waals surface area contributed by atoms with E-state index in [1.165, 1.54) is 0 Å². The van der Waals surface area contributed by atoms with Crippen LogP contribution >= 0.6 is 0 Å². The van der Waals surface area contributed by atoms with Crippen LogP contribution in [0.3, 0.4) is 0 Å². The highest BCUT2D eigenvalue weighted by Crippen LogP contribution is 2.25. The molecule has 3 nitrogen and oxygen atoms in total. The second kappa shape index (κ2) is 2.94. The lowest BCUT2D eigenvalue weighted by atomic mass is 10.1. The second-order valence-electron chi connectivity index (χ2n) is 2.86. The average molecular weight is 174 g/mol. The molecule has 3 heteroatoms. The molecule has 0 bridgehead atoms. The fraction of sp³-hybridized carbons (Fsp3) is 0.100. The standard InChI is InChI=1S/C10H10N2O/c1-2-4-7-10-8(12-11-7)5-3-6-9(10)13/h2-3,5-6,13H,1,4H2,(H,11,12). The monoisotopic (exact) mass is 174 g/mol. The van der Waals surface area contributed by atoms with Gasteiger partial charge in [-0.1, -0.05) is 12.1 Å². The number of benzene rings is 1. The molecular formula is C10H10N2O. The van der Waals surface area contributed by atoms with Crippen LogP contribution in [0.25, 0.3) is 10.9 Å². The number of fused-ring (bicyclic) bond motifs is 1. The Hall–Kier alpha value is -1.77. The van der Waals surface area contributed by atoms with Crippen LogP contribution in [0.1, 0.15) is 5.69 Å². The number of allylic oxidation sites excluding steroid dienone is 1. The molecule has 0 radical (unpaired) electrons. The number of hydrogen-bond donors (Lipinski definition) is 2. The van der Waals surface area contributed by atoms with Gasteiger partial charge in [-0.15, -0.1) is 6.58 Å². The van der Waals surface area contributed by atoms with E-state index >= 15 is 0 Å². The van der Waals surface area contributed by atoms with Gasteiger partial charge in [0.2, 0.25) is 0 Å². The van der Waals surface area contributed by atoms with Gasteiger partial charge in [0, 0.05) is 6.42 Å². The zero-order chi connectivity index (χ0) is 9.26. The summed E-state index contributed by atoms with van der Waals surface area (Å²) in [6, 6.07) is 5.33. The van der Waals surface area contributed by atoms with E-state index in [1.807, 2.05) is 6.07 Å². The maximum atomic E-state index is 9.57. The second-order valence-corrected chi connectivity index (χ2v) is 2.86. The van der Waals surface area contributed by atoms with Gasteiger partial charge in [0.1, 0.15) is 5.75 Å². The number of phenols is 1. The van der Waals surface area contributed by atoms with E-state index in [1.54, 1.807) is 18.2 Å². The zero-order valence-corrected chi connectivity index (χ0v) is 7.12. The van der Waals surface area contributed by atoms with Gasteiger partial charge < -0.3 is 5.11 Å². The van der Waals surface area contributed by atoms with Crippen LogP contribution in [0.15, 0.2) is 30.9 Å². The van der Waals surface area contributed by atoms with E-state index in [-0.39, 0.29) is 5.75 Å². The number of hydrogen-bond acceptors (Lipinski definition) is 2. The number of H-pyrrole nitrogens is 1. The first-order chi connectivity index (χ1) is 6.33. The normalized spacial score (nSPS) is 10.5. The minimum atomic E-state index is 0.267. The van der Waals surface area contributed by atoms with Crippen molar-refractivity contribution >= 4 is 10.9 Å². The van der Waals surface area contributed by atoms with Crippen LogP contribution in [0.2, 0.25) is 0 Å². The molecule has 0 amide bonds. The van der Waals surface area contributed by atoms with Crippen LogP contribution in [0, 0.1) is 0 Å². The molecule has 0 aliphatic carbocycles. The third-order valence-corrected chi connectivity index (χ3v) is 1.98. The van der Waals surface area contributed by atoms with Crippen LogP contribution < -0.4 is 0 Å². The fourth-order valence-corrected chi connectivity index (χ4v) is 1.40. The van der Waals surface area contributed by atoms with E-state index in [9.17, 15) is 5.11 Å². The van der Waals surface area contributed by atoms with Crippen molar-refractivity contribution < 1.29 is 5.11 Å². The van der Waals surface area contributed by atoms with Gasteiger partial charge in [-0.25, -0.2) is 0 Å². The van der Waals surface area contributed by atoms with Crippen molar-refractivity contribution in [2.24, 2.45) is 0 Å². The number of nitrogens with zero attached hydrogens (tertiary/aromatic N) is 1. The van der Waals surface area contributed by atoms with Crippen LogP contribution in [0.4, 0.5) is 0 Å². The summed E-state index contributed by atoms with van der Waals surface area (Å²) in [6.45, 7) is 3.64. The van der Waals surface area contributed by atoms with Crippen molar-refractivity contribution in [1.82, 2.24) is 10.2 Å². The number of aromatic nitrogens is 2. The molecule has 66 valence electrons. The zero-order valence-electron chi connectivity index (χ0n) is 7.12. The highest BCUT2D eigenvalue weighted by Gasteiger charge is 2.07. The van der Waals surface area contributed by atoms with Crippen molar-refractivity contribution in [1.29, 1.82) is 0 Å². The highest BCUT2D eigenvalue weighted by atomic mass is 16.3. The Morgan fingerprint density at radius 2 is 2.38 bits per heavy atom. The molecule has 0 atom stereocenters. The quantitative estimate of drug-likeness (QED) is 0.684. The lowest BCUT2D eigenvalue weighted by Crippen LogP contribution is -1.81. The molecule has 0 saturated heterocycles. The van der Waals surface area contributed by atoms with Gasteiger partial charge in [-0.3, -0.25) is 5.10 Å². The molecule has 1 heterocycles. The maximum absolute atomic E-state index is 9.57. The highest BCUT2D eigenvalue weighted by molar-refractivity contribution is 5.87. The summed E-state index contributed by atoms with van der Waals surface area (Å²) in [4.78, 5) is 0. The Kier molecular flexibility index (Phi) is 1.77. The first-order valence-corrected chi connectivity index (χ1v) is 4.08. The van der Waals surface area contributed by atoms with Gasteiger partial charge in [-0.05, 0) is 12.1 Å². The summed E-state index contributed by atoms with van der Waals surface area (Å²) < 4.78 is 0. The molecule has 1 aromatic heterocycles. The number of nitrogens with one attached hydrogen (secondary N) is 1. The predicted octanol–water partition coefficient (Wildman–Crippen LogP) is 2.00. The van der Waals surface area contributed by atoms with E-state index in [0.29, 0.717) is 6.42 Å². The van der Waals surface area contributed by atoms with Crippen molar-refractivity contribution in [3.8, 4) is 5.75 Å². The molecule has 0 fully saturated rings. The Balaban J connectivity index is 2.70. The van der Waals surface area contributed by atoms with Crippen LogP contribution in [-0.2, 0) is 6.42 Å². The van der Waals surface area contributed by atoms with E-state index in [2.05, 4.69) is 16.8 Å². The molecule has 2 N–H and O–H groups in total. The average Bonchev–Trinajstić information content (AvgIpc) is 2.51. The molecule has 13 heavy (non-hydrogen) atoms. The molecule has 2 rings (SSSR count). The molecular weight excluding hydrogens is 164 g/mol. The van der Waals surface area contributed by atoms with Crippen molar-refractivity contribution in [3.63, 3.8) is 0 Å². The van der Waals surface area contributed by atoms with Gasteiger partial charge in [0.25, 0.3) is 0 Å². The predicted molar refractivity (Wildman–Crippen MR) is 51.7 cm³/mol. The number of rotatable bonds is 2. The fourth-order valence-electron chi connectivity index (χ4n) is 1.40. The molecule has 0 saturated carbocycles. The van der Waals surface area contributed by atoms with Crippen molar-refractivity contribution in [2.45, 2.75) is 6.42 Å². The molecule has 0 aliphatic heterocycles. The van der Waals surface area contributed by atoms with E-state index in [0.717, 1.165) is 16.6 Å². The van der Waals surface area contributed by atoms with Gasteiger partial charge in [0.15, 0.2) is 0 Å². The smallest absolute Gasteiger partial charge is 0.126 e. The lowest BCUT2D eigenvalue weighted by molar-refractivity contribution is 0.481. The first kappa shape index (κ1) is 7.86. The minimum Gasteiger partial charge on any atom is -0.507 e. The number of phenolic OH excluding ortho intramolecular Hbond substituents is 1. The van der Waals surface area contributed by atoms with E-state index in [4.69, 9.17) is 0 Å². The molecule has 0 unspecified atom stereocenters. The SMILES string of the molecule is C=CCc1n[nH]c2cccc(O)c12. The lowest BCUT2D eigenvalue weighted by Gasteiger charge is -1.95.